The van der Waals surface area contributed by atoms with E-state index < -0.39 is 17.6 Å². The van der Waals surface area contributed by atoms with Crippen molar-refractivity contribution in [2.75, 3.05) is 0 Å². The SMILES string of the molecule is Cc1c(F)cc2nc3c(c4c2c1CC[C@@]4(C)N)Cn1c-3cc2c(c1=O)COC(=O)[C@H]2O. The Bertz CT molecular complexity index is 1420. The molecule has 3 aliphatic rings. The standard InChI is InChI=1S/C23H20FN3O4/c1-9-10-3-4-23(2,25)18-12-7-27-16(19(12)26-15(17(10)18)6-14(9)24)5-11-13(21(27)29)8-31-22(30)20(11)28/h5-6,20,28H,3-4,7-8,25H2,1-2H3/t20-,23+/m0/s1. The summed E-state index contributed by atoms with van der Waals surface area (Å²) in [6.45, 7) is 3.83. The van der Waals surface area contributed by atoms with Crippen LogP contribution in [0.25, 0.3) is 22.3 Å². The highest BCUT2D eigenvalue weighted by Crippen LogP contribution is 2.46. The second-order valence-corrected chi connectivity index (χ2v) is 8.95. The van der Waals surface area contributed by atoms with Gasteiger partial charge in [0, 0.05) is 28.1 Å². The Morgan fingerprint density at radius 1 is 1.29 bits per heavy atom. The molecule has 0 bridgehead atoms. The summed E-state index contributed by atoms with van der Waals surface area (Å²) in [6.07, 6.45) is -0.205. The van der Waals surface area contributed by atoms with Gasteiger partial charge in [-0.05, 0) is 49.4 Å². The third-order valence-corrected chi connectivity index (χ3v) is 7.04. The zero-order valence-electron chi connectivity index (χ0n) is 17.1. The number of rotatable bonds is 0. The van der Waals surface area contributed by atoms with E-state index in [4.69, 9.17) is 15.5 Å². The van der Waals surface area contributed by atoms with Crippen molar-refractivity contribution in [1.29, 1.82) is 0 Å². The van der Waals surface area contributed by atoms with Crippen molar-refractivity contribution in [1.82, 2.24) is 9.55 Å². The molecule has 1 aliphatic carbocycles. The van der Waals surface area contributed by atoms with Crippen LogP contribution in [-0.2, 0) is 34.6 Å². The number of nitrogens with two attached hydrogens (primary N) is 1. The van der Waals surface area contributed by atoms with Crippen molar-refractivity contribution in [3.05, 3.63) is 61.7 Å². The molecule has 31 heavy (non-hydrogen) atoms. The summed E-state index contributed by atoms with van der Waals surface area (Å²) < 4.78 is 21.2. The lowest BCUT2D eigenvalue weighted by Crippen LogP contribution is -2.38. The van der Waals surface area contributed by atoms with Crippen molar-refractivity contribution in [2.24, 2.45) is 5.73 Å². The first-order chi connectivity index (χ1) is 14.7. The Labute approximate surface area is 176 Å². The summed E-state index contributed by atoms with van der Waals surface area (Å²) in [5, 5.41) is 11.2. The van der Waals surface area contributed by atoms with Crippen molar-refractivity contribution in [3.63, 3.8) is 0 Å². The lowest BCUT2D eigenvalue weighted by Gasteiger charge is -2.34. The number of hydrogen-bond donors (Lipinski definition) is 2. The molecule has 2 aromatic heterocycles. The Kier molecular flexibility index (Phi) is 3.47. The average Bonchev–Trinajstić information content (AvgIpc) is 3.08. The maximum Gasteiger partial charge on any atom is 0.340 e. The Morgan fingerprint density at radius 2 is 2.06 bits per heavy atom. The molecule has 0 fully saturated rings. The first kappa shape index (κ1) is 18.7. The maximum absolute atomic E-state index is 14.7. The van der Waals surface area contributed by atoms with E-state index in [1.165, 1.54) is 6.07 Å². The van der Waals surface area contributed by atoms with E-state index in [-0.39, 0.29) is 35.7 Å². The van der Waals surface area contributed by atoms with Gasteiger partial charge in [0.15, 0.2) is 6.10 Å². The van der Waals surface area contributed by atoms with Crippen LogP contribution in [0.3, 0.4) is 0 Å². The van der Waals surface area contributed by atoms with Gasteiger partial charge in [0.1, 0.15) is 12.4 Å². The van der Waals surface area contributed by atoms with E-state index in [2.05, 4.69) is 0 Å². The first-order valence-electron chi connectivity index (χ1n) is 10.2. The van der Waals surface area contributed by atoms with Crippen LogP contribution in [0.4, 0.5) is 4.39 Å². The largest absolute Gasteiger partial charge is 0.458 e. The molecule has 0 spiro atoms. The van der Waals surface area contributed by atoms with Gasteiger partial charge in [-0.1, -0.05) is 0 Å². The molecular formula is C23H20FN3O4. The summed E-state index contributed by atoms with van der Waals surface area (Å²) >= 11 is 0. The molecule has 0 saturated heterocycles. The van der Waals surface area contributed by atoms with Gasteiger partial charge in [0.05, 0.1) is 29.0 Å². The van der Waals surface area contributed by atoms with Gasteiger partial charge in [-0.2, -0.15) is 0 Å². The van der Waals surface area contributed by atoms with Crippen LogP contribution in [0.1, 0.15) is 52.8 Å². The number of fused-ring (bicyclic) bond motifs is 5. The molecule has 8 heteroatoms. The molecular weight excluding hydrogens is 401 g/mol. The number of hydrogen-bond acceptors (Lipinski definition) is 6. The number of carbonyl (C=O) groups excluding carboxylic acids is 1. The molecule has 2 atom stereocenters. The van der Waals surface area contributed by atoms with Gasteiger partial charge in [-0.3, -0.25) is 4.79 Å². The minimum Gasteiger partial charge on any atom is -0.458 e. The van der Waals surface area contributed by atoms with Crippen molar-refractivity contribution in [2.45, 2.75) is 51.5 Å². The molecule has 7 nitrogen and oxygen atoms in total. The Hall–Kier alpha value is -3.10. The Balaban J connectivity index is 1.72. The highest BCUT2D eigenvalue weighted by atomic mass is 19.1. The van der Waals surface area contributed by atoms with Crippen LogP contribution < -0.4 is 11.3 Å². The van der Waals surface area contributed by atoms with E-state index in [1.54, 1.807) is 17.6 Å². The zero-order chi connectivity index (χ0) is 21.8. The predicted octanol–water partition coefficient (Wildman–Crippen LogP) is 2.08. The molecule has 1 aromatic carbocycles. The number of pyridine rings is 2. The van der Waals surface area contributed by atoms with E-state index in [0.29, 0.717) is 35.3 Å². The summed E-state index contributed by atoms with van der Waals surface area (Å²) in [6, 6.07) is 3.05. The monoisotopic (exact) mass is 421 g/mol. The van der Waals surface area contributed by atoms with E-state index in [9.17, 15) is 19.1 Å². The predicted molar refractivity (Wildman–Crippen MR) is 110 cm³/mol. The molecule has 3 N–H and O–H groups in total. The second kappa shape index (κ2) is 5.77. The quantitative estimate of drug-likeness (QED) is 0.421. The number of cyclic esters (lactones) is 1. The fraction of sp³-hybridized carbons (Fsp3) is 0.348. The third-order valence-electron chi connectivity index (χ3n) is 7.04. The molecule has 2 aliphatic heterocycles. The fourth-order valence-corrected chi connectivity index (χ4v) is 5.39. The van der Waals surface area contributed by atoms with Crippen LogP contribution in [0.2, 0.25) is 0 Å². The van der Waals surface area contributed by atoms with Crippen molar-refractivity contribution < 1.29 is 19.0 Å². The van der Waals surface area contributed by atoms with Crippen LogP contribution in [0.15, 0.2) is 16.9 Å². The molecule has 0 radical (unpaired) electrons. The van der Waals surface area contributed by atoms with Gasteiger partial charge in [-0.25, -0.2) is 14.2 Å². The fourth-order valence-electron chi connectivity index (χ4n) is 5.39. The molecule has 0 saturated carbocycles. The number of benzene rings is 1. The highest BCUT2D eigenvalue weighted by Gasteiger charge is 2.39. The second-order valence-electron chi connectivity index (χ2n) is 8.95. The third kappa shape index (κ3) is 2.26. The summed E-state index contributed by atoms with van der Waals surface area (Å²) in [5.41, 5.74) is 11.0. The number of esters is 1. The molecule has 3 aromatic rings. The average molecular weight is 421 g/mol. The number of carbonyl (C=O) groups is 1. The number of ether oxygens (including phenoxy) is 1. The number of halogens is 1. The Morgan fingerprint density at radius 3 is 2.84 bits per heavy atom. The first-order valence-corrected chi connectivity index (χ1v) is 10.2. The van der Waals surface area contributed by atoms with Crippen molar-refractivity contribution >= 4 is 16.9 Å². The molecule has 158 valence electrons. The van der Waals surface area contributed by atoms with Gasteiger partial charge in [0.25, 0.3) is 5.56 Å². The van der Waals surface area contributed by atoms with E-state index in [0.717, 1.165) is 22.1 Å². The zero-order valence-corrected chi connectivity index (χ0v) is 17.1. The van der Waals surface area contributed by atoms with Crippen LogP contribution in [0, 0.1) is 12.7 Å². The number of aliphatic hydroxyl groups is 1. The van der Waals surface area contributed by atoms with Gasteiger partial charge in [-0.15, -0.1) is 0 Å². The minimum atomic E-state index is -1.52. The van der Waals surface area contributed by atoms with Gasteiger partial charge in [0.2, 0.25) is 0 Å². The normalized spacial score (nSPS) is 23.4. The van der Waals surface area contributed by atoms with Crippen molar-refractivity contribution in [3.8, 4) is 11.4 Å². The molecule has 0 amide bonds. The smallest absolute Gasteiger partial charge is 0.340 e. The number of aliphatic hydroxyl groups excluding tert-OH is 1. The number of aromatic nitrogens is 2. The van der Waals surface area contributed by atoms with E-state index in [1.807, 2.05) is 6.92 Å². The maximum atomic E-state index is 14.7. The highest BCUT2D eigenvalue weighted by molar-refractivity contribution is 5.93. The number of nitrogens with zero attached hydrogens (tertiary/aromatic N) is 2. The van der Waals surface area contributed by atoms with Crippen LogP contribution in [-0.4, -0.2) is 20.6 Å². The molecule has 6 rings (SSSR count). The summed E-state index contributed by atoms with van der Waals surface area (Å²) in [4.78, 5) is 29.8. The lowest BCUT2D eigenvalue weighted by molar-refractivity contribution is -0.157. The molecule has 4 heterocycles. The van der Waals surface area contributed by atoms with Gasteiger partial charge < -0.3 is 20.1 Å². The van der Waals surface area contributed by atoms with Gasteiger partial charge >= 0.3 is 5.97 Å². The minimum absolute atomic E-state index is 0.174. The molecule has 0 unspecified atom stereocenters. The van der Waals surface area contributed by atoms with E-state index >= 15 is 0 Å². The number of aryl methyl sites for hydroxylation is 1. The lowest BCUT2D eigenvalue weighted by atomic mass is 9.75. The topological polar surface area (TPSA) is 107 Å². The van der Waals surface area contributed by atoms with Crippen LogP contribution >= 0.6 is 0 Å². The summed E-state index contributed by atoms with van der Waals surface area (Å²) in [5.74, 6) is -1.10. The van der Waals surface area contributed by atoms with Crippen LogP contribution in [0.5, 0.6) is 0 Å². The summed E-state index contributed by atoms with van der Waals surface area (Å²) in [7, 11) is 0.